The highest BCUT2D eigenvalue weighted by Crippen LogP contribution is 2.18. The lowest BCUT2D eigenvalue weighted by atomic mass is 10.3. The van der Waals surface area contributed by atoms with E-state index in [1.807, 2.05) is 6.92 Å². The van der Waals surface area contributed by atoms with Gasteiger partial charge in [0, 0.05) is 6.07 Å². The Morgan fingerprint density at radius 3 is 2.81 bits per heavy atom. The molecule has 16 heavy (non-hydrogen) atoms. The van der Waals surface area contributed by atoms with Crippen molar-refractivity contribution in [3.63, 3.8) is 0 Å². The molecule has 0 amide bonds. The first-order valence-electron chi connectivity index (χ1n) is 4.86. The van der Waals surface area contributed by atoms with Gasteiger partial charge in [-0.05, 0) is 18.6 Å². The van der Waals surface area contributed by atoms with Gasteiger partial charge in [-0.1, -0.05) is 28.9 Å². The van der Waals surface area contributed by atoms with Crippen molar-refractivity contribution in [2.45, 2.75) is 13.3 Å². The van der Waals surface area contributed by atoms with Crippen molar-refractivity contribution in [3.05, 3.63) is 24.3 Å². The first-order valence-corrected chi connectivity index (χ1v) is 7.64. The van der Waals surface area contributed by atoms with Crippen LogP contribution in [-0.4, -0.2) is 19.7 Å². The van der Waals surface area contributed by atoms with Gasteiger partial charge in [0.05, 0.1) is 12.3 Å². The van der Waals surface area contributed by atoms with Gasteiger partial charge in [0.25, 0.3) is 0 Å². The fourth-order valence-electron chi connectivity index (χ4n) is 1.08. The van der Waals surface area contributed by atoms with Gasteiger partial charge >= 0.3 is 0 Å². The lowest BCUT2D eigenvalue weighted by molar-refractivity contribution is 0.317. The molecule has 0 aliphatic rings. The second-order valence-electron chi connectivity index (χ2n) is 3.20. The second-order valence-corrected chi connectivity index (χ2v) is 6.23. The number of hydrogen-bond acceptors (Lipinski definition) is 3. The van der Waals surface area contributed by atoms with E-state index in [0.717, 1.165) is 6.42 Å². The van der Waals surface area contributed by atoms with E-state index in [1.54, 1.807) is 24.3 Å². The van der Waals surface area contributed by atoms with Gasteiger partial charge in [0.2, 0.25) is 10.0 Å². The quantitative estimate of drug-likeness (QED) is 0.822. The van der Waals surface area contributed by atoms with Crippen LogP contribution >= 0.6 is 15.9 Å². The largest absolute Gasteiger partial charge is 0.494 e. The Morgan fingerprint density at radius 2 is 2.19 bits per heavy atom. The van der Waals surface area contributed by atoms with E-state index >= 15 is 0 Å². The van der Waals surface area contributed by atoms with E-state index in [1.165, 1.54) is 0 Å². The summed E-state index contributed by atoms with van der Waals surface area (Å²) in [5.74, 6) is 0.664. The Balaban J connectivity index is 2.75. The molecule has 4 nitrogen and oxygen atoms in total. The van der Waals surface area contributed by atoms with Crippen molar-refractivity contribution < 1.29 is 13.2 Å². The third-order valence-electron chi connectivity index (χ3n) is 1.72. The highest BCUT2D eigenvalue weighted by molar-refractivity contribution is 9.10. The highest BCUT2D eigenvalue weighted by atomic mass is 79.9. The van der Waals surface area contributed by atoms with Crippen LogP contribution in [0.4, 0.5) is 5.69 Å². The molecule has 0 atom stereocenters. The number of ether oxygens (including phenoxy) is 1. The molecule has 0 aliphatic heterocycles. The molecule has 6 heteroatoms. The standard InChI is InChI=1S/C10H14BrNO3S/c1-2-6-15-10-5-3-4-9(7-10)12-16(13,14)8-11/h3-5,7,12H,2,6,8H2,1H3. The molecule has 0 bridgehead atoms. The van der Waals surface area contributed by atoms with Gasteiger partial charge in [-0.15, -0.1) is 0 Å². The fraction of sp³-hybridized carbons (Fsp3) is 0.400. The maximum Gasteiger partial charge on any atom is 0.242 e. The normalized spacial score (nSPS) is 11.1. The minimum absolute atomic E-state index is 0.125. The minimum atomic E-state index is -3.30. The summed E-state index contributed by atoms with van der Waals surface area (Å²) in [6, 6.07) is 6.88. The van der Waals surface area contributed by atoms with Gasteiger partial charge in [-0.2, -0.15) is 0 Å². The molecule has 0 saturated heterocycles. The molecule has 1 rings (SSSR count). The molecule has 0 spiro atoms. The number of halogens is 1. The monoisotopic (exact) mass is 307 g/mol. The number of alkyl halides is 1. The molecule has 0 aliphatic carbocycles. The molecule has 0 radical (unpaired) electrons. The predicted octanol–water partition coefficient (Wildman–Crippen LogP) is 2.57. The number of anilines is 1. The number of benzene rings is 1. The van der Waals surface area contributed by atoms with Crippen LogP contribution in [-0.2, 0) is 10.0 Å². The molecule has 0 saturated carbocycles. The number of sulfonamides is 1. The van der Waals surface area contributed by atoms with Crippen LogP contribution < -0.4 is 9.46 Å². The Bertz CT molecular complexity index is 433. The summed E-state index contributed by atoms with van der Waals surface area (Å²) >= 11 is 2.91. The van der Waals surface area contributed by atoms with Gasteiger partial charge < -0.3 is 4.74 Å². The molecule has 90 valence electrons. The molecular formula is C10H14BrNO3S. The van der Waals surface area contributed by atoms with Gasteiger partial charge in [0.1, 0.15) is 10.4 Å². The maximum absolute atomic E-state index is 11.3. The molecule has 0 unspecified atom stereocenters. The Hall–Kier alpha value is -0.750. The zero-order valence-corrected chi connectivity index (χ0v) is 11.3. The van der Waals surface area contributed by atoms with E-state index in [9.17, 15) is 8.42 Å². The molecule has 1 aromatic rings. The van der Waals surface area contributed by atoms with Crippen molar-refractivity contribution in [1.82, 2.24) is 0 Å². The fourth-order valence-corrected chi connectivity index (χ4v) is 1.96. The van der Waals surface area contributed by atoms with E-state index in [-0.39, 0.29) is 4.66 Å². The highest BCUT2D eigenvalue weighted by Gasteiger charge is 2.07. The first-order chi connectivity index (χ1) is 7.57. The van der Waals surface area contributed by atoms with Crippen LogP contribution in [0.2, 0.25) is 0 Å². The molecule has 0 fully saturated rings. The van der Waals surface area contributed by atoms with Gasteiger partial charge in [0.15, 0.2) is 0 Å². The van der Waals surface area contributed by atoms with Crippen LogP contribution in [0.5, 0.6) is 5.75 Å². The van der Waals surface area contributed by atoms with Crippen LogP contribution in [0.1, 0.15) is 13.3 Å². The Labute approximate surface area is 104 Å². The first kappa shape index (κ1) is 13.3. The number of hydrogen-bond donors (Lipinski definition) is 1. The Kier molecular flexibility index (Phi) is 5.08. The van der Waals surface area contributed by atoms with E-state index < -0.39 is 10.0 Å². The summed E-state index contributed by atoms with van der Waals surface area (Å²) in [7, 11) is -3.30. The third kappa shape index (κ3) is 4.40. The average Bonchev–Trinajstić information content (AvgIpc) is 2.26. The van der Waals surface area contributed by atoms with Crippen LogP contribution in [0.3, 0.4) is 0 Å². The summed E-state index contributed by atoms with van der Waals surface area (Å²) in [5.41, 5.74) is 0.507. The lowest BCUT2D eigenvalue weighted by Crippen LogP contribution is -2.13. The van der Waals surface area contributed by atoms with Gasteiger partial charge in [-0.3, -0.25) is 4.72 Å². The molecule has 1 aromatic carbocycles. The van der Waals surface area contributed by atoms with Crippen molar-refractivity contribution in [2.24, 2.45) is 0 Å². The summed E-state index contributed by atoms with van der Waals surface area (Å²) in [5, 5.41) is 0. The molecule has 0 heterocycles. The molecule has 1 N–H and O–H groups in total. The zero-order chi connectivity index (χ0) is 12.0. The topological polar surface area (TPSA) is 55.4 Å². The second kappa shape index (κ2) is 6.10. The maximum atomic E-state index is 11.3. The van der Waals surface area contributed by atoms with E-state index in [4.69, 9.17) is 4.74 Å². The number of nitrogens with one attached hydrogen (secondary N) is 1. The minimum Gasteiger partial charge on any atom is -0.494 e. The summed E-state index contributed by atoms with van der Waals surface area (Å²) in [6.45, 7) is 2.63. The van der Waals surface area contributed by atoms with Crippen LogP contribution in [0, 0.1) is 0 Å². The SMILES string of the molecule is CCCOc1cccc(NS(=O)(=O)CBr)c1. The summed E-state index contributed by atoms with van der Waals surface area (Å²) < 4.78 is 30.3. The molecule has 0 aromatic heterocycles. The van der Waals surface area contributed by atoms with Gasteiger partial charge in [-0.25, -0.2) is 8.42 Å². The zero-order valence-electron chi connectivity index (χ0n) is 8.94. The van der Waals surface area contributed by atoms with Crippen molar-refractivity contribution in [2.75, 3.05) is 16.0 Å². The van der Waals surface area contributed by atoms with Crippen LogP contribution in [0.15, 0.2) is 24.3 Å². The van der Waals surface area contributed by atoms with Crippen molar-refractivity contribution in [1.29, 1.82) is 0 Å². The molecular weight excluding hydrogens is 294 g/mol. The third-order valence-corrected chi connectivity index (χ3v) is 4.37. The predicted molar refractivity (Wildman–Crippen MR) is 68.6 cm³/mol. The van der Waals surface area contributed by atoms with E-state index in [0.29, 0.717) is 18.0 Å². The summed E-state index contributed by atoms with van der Waals surface area (Å²) in [6.07, 6.45) is 0.914. The van der Waals surface area contributed by atoms with Crippen molar-refractivity contribution in [3.8, 4) is 5.75 Å². The Morgan fingerprint density at radius 1 is 1.44 bits per heavy atom. The smallest absolute Gasteiger partial charge is 0.242 e. The van der Waals surface area contributed by atoms with Crippen LogP contribution in [0.25, 0.3) is 0 Å². The van der Waals surface area contributed by atoms with Crippen molar-refractivity contribution >= 4 is 31.6 Å². The number of rotatable bonds is 6. The lowest BCUT2D eigenvalue weighted by Gasteiger charge is -2.08. The average molecular weight is 308 g/mol. The van der Waals surface area contributed by atoms with E-state index in [2.05, 4.69) is 20.7 Å². The summed E-state index contributed by atoms with van der Waals surface area (Å²) in [4.78, 5) is 0.